The first-order valence-corrected chi connectivity index (χ1v) is 6.99. The lowest BCUT2D eigenvalue weighted by Gasteiger charge is -2.23. The molecule has 1 saturated heterocycles. The van der Waals surface area contributed by atoms with E-state index in [1.54, 1.807) is 7.11 Å². The van der Waals surface area contributed by atoms with Gasteiger partial charge in [0, 0.05) is 19.8 Å². The highest BCUT2D eigenvalue weighted by atomic mass is 32.2. The molecule has 0 aliphatic carbocycles. The summed E-state index contributed by atoms with van der Waals surface area (Å²) in [6, 6.07) is 0.110. The van der Waals surface area contributed by atoms with Gasteiger partial charge in [0.25, 0.3) is 0 Å². The molecule has 15 heavy (non-hydrogen) atoms. The lowest BCUT2D eigenvalue weighted by molar-refractivity contribution is 0.199. The number of piperidine rings is 1. The fourth-order valence-corrected chi connectivity index (χ4v) is 3.01. The van der Waals surface area contributed by atoms with Crippen LogP contribution in [0.4, 0.5) is 0 Å². The molecule has 0 atom stereocenters. The second kappa shape index (κ2) is 6.42. The van der Waals surface area contributed by atoms with Gasteiger partial charge in [0.15, 0.2) is 0 Å². The Morgan fingerprint density at radius 1 is 1.40 bits per heavy atom. The summed E-state index contributed by atoms with van der Waals surface area (Å²) in [6.45, 7) is 2.28. The minimum Gasteiger partial charge on any atom is -0.385 e. The third kappa shape index (κ3) is 5.46. The van der Waals surface area contributed by atoms with Crippen LogP contribution >= 0.6 is 0 Å². The zero-order valence-electron chi connectivity index (χ0n) is 9.16. The minimum atomic E-state index is -3.11. The second-order valence-corrected chi connectivity index (χ2v) is 5.68. The van der Waals surface area contributed by atoms with Gasteiger partial charge in [-0.15, -0.1) is 0 Å². The number of ether oxygens (including phenoxy) is 1. The maximum absolute atomic E-state index is 11.6. The van der Waals surface area contributed by atoms with E-state index in [4.69, 9.17) is 4.74 Å². The van der Waals surface area contributed by atoms with Gasteiger partial charge in [-0.1, -0.05) is 0 Å². The van der Waals surface area contributed by atoms with E-state index in [9.17, 15) is 8.42 Å². The topological polar surface area (TPSA) is 67.4 Å². The minimum absolute atomic E-state index is 0.110. The van der Waals surface area contributed by atoms with Gasteiger partial charge in [-0.05, 0) is 32.4 Å². The van der Waals surface area contributed by atoms with Crippen LogP contribution in [0.15, 0.2) is 0 Å². The molecular formula is C9H20N2O3S. The molecular weight excluding hydrogens is 216 g/mol. The SMILES string of the molecule is COCCCS(=O)(=O)NC1CCNCC1. The molecule has 0 aromatic carbocycles. The monoisotopic (exact) mass is 236 g/mol. The molecule has 90 valence electrons. The zero-order valence-corrected chi connectivity index (χ0v) is 9.98. The summed E-state index contributed by atoms with van der Waals surface area (Å²) < 4.78 is 30.7. The Hall–Kier alpha value is -0.170. The summed E-state index contributed by atoms with van der Waals surface area (Å²) in [5.41, 5.74) is 0. The molecule has 0 unspecified atom stereocenters. The third-order valence-electron chi connectivity index (χ3n) is 2.45. The number of hydrogen-bond donors (Lipinski definition) is 2. The van der Waals surface area contributed by atoms with Gasteiger partial charge in [-0.3, -0.25) is 0 Å². The summed E-state index contributed by atoms with van der Waals surface area (Å²) >= 11 is 0. The van der Waals surface area contributed by atoms with Gasteiger partial charge >= 0.3 is 0 Å². The Bertz CT molecular complexity index is 261. The van der Waals surface area contributed by atoms with Gasteiger partial charge in [0.05, 0.1) is 5.75 Å². The molecule has 2 N–H and O–H groups in total. The third-order valence-corrected chi connectivity index (χ3v) is 3.97. The van der Waals surface area contributed by atoms with Crippen LogP contribution in [0.25, 0.3) is 0 Å². The zero-order chi connectivity index (χ0) is 11.1. The molecule has 1 heterocycles. The average molecular weight is 236 g/mol. The van der Waals surface area contributed by atoms with E-state index in [0.29, 0.717) is 13.0 Å². The van der Waals surface area contributed by atoms with Crippen LogP contribution in [0.2, 0.25) is 0 Å². The Morgan fingerprint density at radius 3 is 2.67 bits per heavy atom. The largest absolute Gasteiger partial charge is 0.385 e. The van der Waals surface area contributed by atoms with E-state index in [1.165, 1.54) is 0 Å². The molecule has 0 saturated carbocycles. The van der Waals surface area contributed by atoms with E-state index in [0.717, 1.165) is 25.9 Å². The molecule has 0 aromatic heterocycles. The highest BCUT2D eigenvalue weighted by Gasteiger charge is 2.19. The van der Waals surface area contributed by atoms with E-state index in [-0.39, 0.29) is 11.8 Å². The maximum Gasteiger partial charge on any atom is 0.211 e. The van der Waals surface area contributed by atoms with Crippen molar-refractivity contribution in [3.63, 3.8) is 0 Å². The first kappa shape index (κ1) is 12.9. The highest BCUT2D eigenvalue weighted by molar-refractivity contribution is 7.89. The fraction of sp³-hybridized carbons (Fsp3) is 1.00. The van der Waals surface area contributed by atoms with Crippen molar-refractivity contribution >= 4 is 10.0 Å². The number of hydrogen-bond acceptors (Lipinski definition) is 4. The molecule has 6 heteroatoms. The van der Waals surface area contributed by atoms with Crippen molar-refractivity contribution in [2.24, 2.45) is 0 Å². The lowest BCUT2D eigenvalue weighted by Crippen LogP contribution is -2.43. The van der Waals surface area contributed by atoms with Crippen LogP contribution < -0.4 is 10.0 Å². The van der Waals surface area contributed by atoms with Crippen LogP contribution in [0.3, 0.4) is 0 Å². The van der Waals surface area contributed by atoms with E-state index < -0.39 is 10.0 Å². The first-order chi connectivity index (χ1) is 7.14. The predicted octanol–water partition coefficient (Wildman–Crippen LogP) is -0.306. The van der Waals surface area contributed by atoms with E-state index in [1.807, 2.05) is 0 Å². The van der Waals surface area contributed by atoms with Crippen molar-refractivity contribution in [2.75, 3.05) is 32.6 Å². The molecule has 0 radical (unpaired) electrons. The molecule has 0 aromatic rings. The smallest absolute Gasteiger partial charge is 0.211 e. The van der Waals surface area contributed by atoms with Gasteiger partial charge in [-0.25, -0.2) is 13.1 Å². The van der Waals surface area contributed by atoms with Gasteiger partial charge < -0.3 is 10.1 Å². The molecule has 1 rings (SSSR count). The van der Waals surface area contributed by atoms with Gasteiger partial charge in [0.1, 0.15) is 0 Å². The summed E-state index contributed by atoms with van der Waals surface area (Å²) in [7, 11) is -1.53. The lowest BCUT2D eigenvalue weighted by atomic mass is 10.1. The normalized spacial score (nSPS) is 19.3. The van der Waals surface area contributed by atoms with Crippen LogP contribution in [0.5, 0.6) is 0 Å². The first-order valence-electron chi connectivity index (χ1n) is 5.34. The Balaban J connectivity index is 2.27. The Kier molecular flexibility index (Phi) is 5.52. The second-order valence-electron chi connectivity index (χ2n) is 3.81. The van der Waals surface area contributed by atoms with Crippen LogP contribution in [-0.4, -0.2) is 47.0 Å². The van der Waals surface area contributed by atoms with Gasteiger partial charge in [-0.2, -0.15) is 0 Å². The number of methoxy groups -OCH3 is 1. The van der Waals surface area contributed by atoms with Crippen LogP contribution in [-0.2, 0) is 14.8 Å². The van der Waals surface area contributed by atoms with Crippen LogP contribution in [0.1, 0.15) is 19.3 Å². The van der Waals surface area contributed by atoms with E-state index >= 15 is 0 Å². The standard InChI is InChI=1S/C9H20N2O3S/c1-14-7-2-8-15(12,13)11-9-3-5-10-6-4-9/h9-11H,2-8H2,1H3. The number of rotatable bonds is 6. The van der Waals surface area contributed by atoms with E-state index in [2.05, 4.69) is 10.0 Å². The molecule has 1 aliphatic heterocycles. The number of nitrogens with one attached hydrogen (secondary N) is 2. The van der Waals surface area contributed by atoms with Crippen molar-refractivity contribution in [2.45, 2.75) is 25.3 Å². The number of sulfonamides is 1. The quantitative estimate of drug-likeness (QED) is 0.621. The summed E-state index contributed by atoms with van der Waals surface area (Å²) in [6.07, 6.45) is 2.31. The molecule has 1 fully saturated rings. The summed E-state index contributed by atoms with van der Waals surface area (Å²) in [5.74, 6) is 0.158. The van der Waals surface area contributed by atoms with Crippen molar-refractivity contribution in [1.82, 2.24) is 10.0 Å². The maximum atomic E-state index is 11.6. The molecule has 5 nitrogen and oxygen atoms in total. The predicted molar refractivity (Wildman–Crippen MR) is 59.3 cm³/mol. The van der Waals surface area contributed by atoms with Crippen molar-refractivity contribution in [1.29, 1.82) is 0 Å². The summed E-state index contributed by atoms with van der Waals surface area (Å²) in [5, 5.41) is 3.20. The molecule has 0 spiro atoms. The van der Waals surface area contributed by atoms with Crippen LogP contribution in [0, 0.1) is 0 Å². The van der Waals surface area contributed by atoms with Crippen molar-refractivity contribution < 1.29 is 13.2 Å². The van der Waals surface area contributed by atoms with Gasteiger partial charge in [0.2, 0.25) is 10.0 Å². The molecule has 0 bridgehead atoms. The fourth-order valence-electron chi connectivity index (χ4n) is 1.65. The Morgan fingerprint density at radius 2 is 2.07 bits per heavy atom. The molecule has 0 amide bonds. The van der Waals surface area contributed by atoms with Crippen molar-refractivity contribution in [3.8, 4) is 0 Å². The molecule has 1 aliphatic rings. The van der Waals surface area contributed by atoms with Crippen molar-refractivity contribution in [3.05, 3.63) is 0 Å². The average Bonchev–Trinajstić information content (AvgIpc) is 2.18. The Labute approximate surface area is 91.6 Å². The summed E-state index contributed by atoms with van der Waals surface area (Å²) in [4.78, 5) is 0. The highest BCUT2D eigenvalue weighted by Crippen LogP contribution is 2.04.